The molecular weight excluding hydrogens is 402 g/mol. The van der Waals surface area contributed by atoms with Gasteiger partial charge in [0, 0.05) is 16.5 Å². The van der Waals surface area contributed by atoms with Crippen molar-refractivity contribution in [3.05, 3.63) is 83.5 Å². The zero-order valence-corrected chi connectivity index (χ0v) is 17.7. The molecule has 2 atom stereocenters. The van der Waals surface area contributed by atoms with Crippen molar-refractivity contribution in [2.45, 2.75) is 25.4 Å². The number of nitrogens with zero attached hydrogens (tertiary/aromatic N) is 1. The Hall–Kier alpha value is -3.05. The number of hydrogen-bond donors (Lipinski definition) is 0. The van der Waals surface area contributed by atoms with E-state index in [-0.39, 0.29) is 0 Å². The molecule has 6 heteroatoms. The van der Waals surface area contributed by atoms with Crippen molar-refractivity contribution in [1.29, 1.82) is 0 Å². The fraction of sp³-hybridized carbons (Fsp3) is 0.250. The second-order valence-electron chi connectivity index (χ2n) is 7.75. The van der Waals surface area contributed by atoms with Gasteiger partial charge >= 0.3 is 5.97 Å². The van der Waals surface area contributed by atoms with Crippen LogP contribution in [0.15, 0.2) is 72.8 Å². The fourth-order valence-corrected chi connectivity index (χ4v) is 4.13. The van der Waals surface area contributed by atoms with Crippen LogP contribution in [0.5, 0.6) is 17.4 Å². The van der Waals surface area contributed by atoms with E-state index >= 15 is 0 Å². The number of carbonyl (C=O) groups excluding carboxylic acids is 1. The van der Waals surface area contributed by atoms with E-state index in [1.807, 2.05) is 56.3 Å². The van der Waals surface area contributed by atoms with Crippen LogP contribution in [0.3, 0.4) is 0 Å². The van der Waals surface area contributed by atoms with Gasteiger partial charge in [-0.1, -0.05) is 49.7 Å². The first-order valence-electron chi connectivity index (χ1n) is 9.60. The SMILES string of the molecule is COC(=O)C1(c2cccc(Oc3ccccc3)n2)C(Oc2ccc(Cl)cc2)C1(C)C. The van der Waals surface area contributed by atoms with Crippen molar-refractivity contribution in [3.63, 3.8) is 0 Å². The third-order valence-electron chi connectivity index (χ3n) is 5.65. The molecule has 0 spiro atoms. The monoisotopic (exact) mass is 423 g/mol. The van der Waals surface area contributed by atoms with Gasteiger partial charge in [-0.25, -0.2) is 4.98 Å². The number of aromatic nitrogens is 1. The smallest absolute Gasteiger partial charge is 0.322 e. The average molecular weight is 424 g/mol. The maximum atomic E-state index is 13.0. The van der Waals surface area contributed by atoms with Crippen LogP contribution in [0.4, 0.5) is 0 Å². The van der Waals surface area contributed by atoms with Gasteiger partial charge in [0.15, 0.2) is 5.41 Å². The lowest BCUT2D eigenvalue weighted by atomic mass is 9.91. The van der Waals surface area contributed by atoms with E-state index < -0.39 is 22.9 Å². The van der Waals surface area contributed by atoms with Crippen molar-refractivity contribution in [3.8, 4) is 17.4 Å². The number of para-hydroxylation sites is 1. The lowest BCUT2D eigenvalue weighted by molar-refractivity contribution is -0.145. The molecule has 1 aromatic heterocycles. The molecule has 1 fully saturated rings. The third kappa shape index (κ3) is 3.29. The maximum absolute atomic E-state index is 13.0. The molecular formula is C24H22ClNO4. The highest BCUT2D eigenvalue weighted by Crippen LogP contribution is 2.66. The van der Waals surface area contributed by atoms with Gasteiger partial charge in [0.2, 0.25) is 5.88 Å². The van der Waals surface area contributed by atoms with Crippen LogP contribution in [0, 0.1) is 5.41 Å². The van der Waals surface area contributed by atoms with Crippen molar-refractivity contribution >= 4 is 17.6 Å². The molecule has 1 heterocycles. The molecule has 154 valence electrons. The van der Waals surface area contributed by atoms with Crippen LogP contribution in [0.1, 0.15) is 19.5 Å². The zero-order chi connectivity index (χ0) is 21.4. The quantitative estimate of drug-likeness (QED) is 0.495. The number of methoxy groups -OCH3 is 1. The van der Waals surface area contributed by atoms with Crippen molar-refractivity contribution in [2.24, 2.45) is 5.41 Å². The van der Waals surface area contributed by atoms with Crippen molar-refractivity contribution in [1.82, 2.24) is 4.98 Å². The van der Waals surface area contributed by atoms with Crippen LogP contribution in [0.2, 0.25) is 5.02 Å². The predicted octanol–water partition coefficient (Wildman–Crippen LogP) is 5.43. The lowest BCUT2D eigenvalue weighted by Crippen LogP contribution is -2.31. The molecule has 3 aromatic rings. The van der Waals surface area contributed by atoms with E-state index in [9.17, 15) is 4.79 Å². The summed E-state index contributed by atoms with van der Waals surface area (Å²) in [5.41, 5.74) is -1.05. The molecule has 30 heavy (non-hydrogen) atoms. The molecule has 0 N–H and O–H groups in total. The molecule has 1 aliphatic rings. The molecule has 0 radical (unpaired) electrons. The Morgan fingerprint density at radius 1 is 0.933 bits per heavy atom. The Balaban J connectivity index is 1.70. The fourth-order valence-electron chi connectivity index (χ4n) is 4.00. The Bertz CT molecular complexity index is 1050. The predicted molar refractivity (Wildman–Crippen MR) is 114 cm³/mol. The Labute approximate surface area is 180 Å². The van der Waals surface area contributed by atoms with Gasteiger partial charge in [0.05, 0.1) is 12.8 Å². The van der Waals surface area contributed by atoms with Gasteiger partial charge in [-0.3, -0.25) is 4.79 Å². The van der Waals surface area contributed by atoms with Gasteiger partial charge in [-0.05, 0) is 42.5 Å². The largest absolute Gasteiger partial charge is 0.488 e. The molecule has 0 saturated heterocycles. The van der Waals surface area contributed by atoms with E-state index in [4.69, 9.17) is 25.8 Å². The van der Waals surface area contributed by atoms with Crippen LogP contribution in [-0.2, 0) is 14.9 Å². The number of halogens is 1. The summed E-state index contributed by atoms with van der Waals surface area (Å²) < 4.78 is 17.3. The first-order chi connectivity index (χ1) is 14.4. The number of ether oxygens (including phenoxy) is 3. The molecule has 1 aliphatic carbocycles. The molecule has 2 aromatic carbocycles. The number of benzene rings is 2. The van der Waals surface area contributed by atoms with Gasteiger partial charge in [-0.15, -0.1) is 0 Å². The molecule has 0 amide bonds. The first kappa shape index (κ1) is 20.2. The minimum atomic E-state index is -1.06. The van der Waals surface area contributed by atoms with E-state index in [2.05, 4.69) is 4.98 Å². The lowest BCUT2D eigenvalue weighted by Gasteiger charge is -2.17. The van der Waals surface area contributed by atoms with Gasteiger partial charge < -0.3 is 14.2 Å². The molecule has 4 rings (SSSR count). The molecule has 1 saturated carbocycles. The van der Waals surface area contributed by atoms with Gasteiger partial charge in [-0.2, -0.15) is 0 Å². The summed E-state index contributed by atoms with van der Waals surface area (Å²) in [5.74, 6) is 1.30. The molecule has 5 nitrogen and oxygen atoms in total. The second kappa shape index (κ2) is 7.65. The van der Waals surface area contributed by atoms with Crippen LogP contribution >= 0.6 is 11.6 Å². The maximum Gasteiger partial charge on any atom is 0.322 e. The summed E-state index contributed by atoms with van der Waals surface area (Å²) in [6, 6.07) is 21.8. The minimum absolute atomic E-state index is 0.393. The van der Waals surface area contributed by atoms with E-state index in [1.165, 1.54) is 7.11 Å². The number of pyridine rings is 1. The number of hydrogen-bond acceptors (Lipinski definition) is 5. The van der Waals surface area contributed by atoms with Crippen LogP contribution in [0.25, 0.3) is 0 Å². The van der Waals surface area contributed by atoms with E-state index in [0.29, 0.717) is 28.1 Å². The van der Waals surface area contributed by atoms with E-state index in [0.717, 1.165) is 0 Å². The second-order valence-corrected chi connectivity index (χ2v) is 8.19. The highest BCUT2D eigenvalue weighted by molar-refractivity contribution is 6.30. The summed E-state index contributed by atoms with van der Waals surface area (Å²) in [4.78, 5) is 17.7. The number of rotatable bonds is 6. The topological polar surface area (TPSA) is 57.7 Å². The number of carbonyl (C=O) groups is 1. The summed E-state index contributed by atoms with van der Waals surface area (Å²) >= 11 is 5.98. The van der Waals surface area contributed by atoms with Crippen molar-refractivity contribution in [2.75, 3.05) is 7.11 Å². The van der Waals surface area contributed by atoms with Gasteiger partial charge in [0.25, 0.3) is 0 Å². The van der Waals surface area contributed by atoms with E-state index in [1.54, 1.807) is 30.3 Å². The van der Waals surface area contributed by atoms with Gasteiger partial charge in [0.1, 0.15) is 17.6 Å². The molecule has 2 unspecified atom stereocenters. The van der Waals surface area contributed by atoms with Crippen LogP contribution < -0.4 is 9.47 Å². The minimum Gasteiger partial charge on any atom is -0.488 e. The van der Waals surface area contributed by atoms with Crippen LogP contribution in [-0.4, -0.2) is 24.2 Å². The summed E-state index contributed by atoms with van der Waals surface area (Å²) in [5, 5.41) is 0.615. The Kier molecular flexibility index (Phi) is 5.16. The summed E-state index contributed by atoms with van der Waals surface area (Å²) in [6.07, 6.45) is -0.460. The average Bonchev–Trinajstić information content (AvgIpc) is 3.25. The first-order valence-corrected chi connectivity index (χ1v) is 9.98. The standard InChI is InChI=1S/C24H22ClNO4/c1-23(2)21(30-18-14-12-16(25)13-15-18)24(23,22(27)28-3)19-10-7-11-20(26-19)29-17-8-5-4-6-9-17/h4-15,21H,1-3H3. The number of esters is 1. The highest BCUT2D eigenvalue weighted by Gasteiger charge is 2.80. The Morgan fingerprint density at radius 2 is 1.63 bits per heavy atom. The van der Waals surface area contributed by atoms with Crippen molar-refractivity contribution < 1.29 is 19.0 Å². The normalized spacial score (nSPS) is 21.5. The third-order valence-corrected chi connectivity index (χ3v) is 5.90. The zero-order valence-electron chi connectivity index (χ0n) is 17.0. The molecule has 0 bridgehead atoms. The summed E-state index contributed by atoms with van der Waals surface area (Å²) in [6.45, 7) is 3.94. The Morgan fingerprint density at radius 3 is 2.30 bits per heavy atom. The molecule has 0 aliphatic heterocycles. The highest BCUT2D eigenvalue weighted by atomic mass is 35.5. The summed E-state index contributed by atoms with van der Waals surface area (Å²) in [7, 11) is 1.38.